The lowest BCUT2D eigenvalue weighted by molar-refractivity contribution is -0.125. The number of sulfonamides is 5. The molecule has 0 unspecified atom stereocenters. The van der Waals surface area contributed by atoms with Gasteiger partial charge in [0.15, 0.2) is 0 Å². The minimum Gasteiger partial charge on any atom is -0.497 e. The molecular weight excluding hydrogens is 1900 g/mol. The molecule has 0 saturated heterocycles. The molecule has 0 radical (unpaired) electrons. The highest BCUT2D eigenvalue weighted by molar-refractivity contribution is 7.91. The largest absolute Gasteiger partial charge is 0.497 e. The van der Waals surface area contributed by atoms with Crippen LogP contribution in [0, 0.1) is 56.7 Å². The van der Waals surface area contributed by atoms with Crippen molar-refractivity contribution in [2.24, 2.45) is 56.7 Å². The SMILES string of the molecule is C=C[C@@H]1C[C@]1(C)C(=O)NS(=O)(=O)c1cccc(COc2ccccc2)c1.C=C[C@@H]1C[C@]1(C)C(=O)NS(=O)(=O)c1ccccc1Oc1cccc(C(=O)NC)c1.C=C[C@@H]1C[C@]1(C)C(=O)NS(=O)(=O)c1ccccc1Oc1cccc(C(=O)O)c1.C=C[C@@H]1C[C@]1(C)C(=O)NS(=O)(=O)c1ccccc1Oc1cccc(C(=O)OCC)c1.C=C[C@@H]1C[C@]1(C)C(=O)NS(=O)(=O)c1ccccc1Oc1cccc(OC)c1. The van der Waals surface area contributed by atoms with Crippen molar-refractivity contribution in [3.05, 3.63) is 334 Å². The van der Waals surface area contributed by atoms with Crippen molar-refractivity contribution in [3.8, 4) is 57.5 Å². The maximum Gasteiger partial charge on any atom is 0.338 e. The van der Waals surface area contributed by atoms with Crippen molar-refractivity contribution < 1.29 is 119 Å². The Labute approximate surface area is 813 Å². The lowest BCUT2D eigenvalue weighted by atomic mass is 10.1. The van der Waals surface area contributed by atoms with Gasteiger partial charge in [0, 0.05) is 18.7 Å². The molecule has 10 atom stereocenters. The van der Waals surface area contributed by atoms with E-state index >= 15 is 0 Å². The zero-order valence-corrected chi connectivity index (χ0v) is 81.7. The summed E-state index contributed by atoms with van der Waals surface area (Å²) in [5.41, 5.74) is -2.42. The van der Waals surface area contributed by atoms with Gasteiger partial charge in [-0.25, -0.2) is 75.3 Å². The van der Waals surface area contributed by atoms with Crippen molar-refractivity contribution in [2.75, 3.05) is 20.8 Å². The third kappa shape index (κ3) is 25.8. The van der Waals surface area contributed by atoms with E-state index in [4.69, 9.17) is 38.3 Å². The molecule has 5 saturated carbocycles. The molecule has 10 aromatic carbocycles. The van der Waals surface area contributed by atoms with E-state index in [0.717, 1.165) is 0 Å². The summed E-state index contributed by atoms with van der Waals surface area (Å²) in [5, 5.41) is 11.6. The summed E-state index contributed by atoms with van der Waals surface area (Å²) < 4.78 is 177. The van der Waals surface area contributed by atoms with E-state index in [2.05, 4.69) is 61.8 Å². The van der Waals surface area contributed by atoms with Gasteiger partial charge >= 0.3 is 11.9 Å². The highest BCUT2D eigenvalue weighted by Gasteiger charge is 2.59. The first-order valence-electron chi connectivity index (χ1n) is 43.6. The molecule has 0 spiro atoms. The molecule has 5 aliphatic rings. The van der Waals surface area contributed by atoms with E-state index < -0.39 is 119 Å². The molecule has 15 rings (SSSR count). The molecule has 734 valence electrons. The van der Waals surface area contributed by atoms with Crippen LogP contribution in [-0.2, 0) is 85.4 Å². The van der Waals surface area contributed by atoms with E-state index in [0.29, 0.717) is 66.2 Å². The third-order valence-corrected chi connectivity index (χ3v) is 31.1. The van der Waals surface area contributed by atoms with Crippen LogP contribution < -0.4 is 57.3 Å². The number of para-hydroxylation sites is 5. The summed E-state index contributed by atoms with van der Waals surface area (Å²) in [7, 11) is -17.5. The maximum absolute atomic E-state index is 12.9. The maximum atomic E-state index is 12.9. The summed E-state index contributed by atoms with van der Waals surface area (Å²) >= 11 is 0. The van der Waals surface area contributed by atoms with E-state index in [-0.39, 0.29) is 119 Å². The molecule has 140 heavy (non-hydrogen) atoms. The Morgan fingerprint density at radius 3 is 0.964 bits per heavy atom. The Morgan fingerprint density at radius 1 is 0.350 bits per heavy atom. The van der Waals surface area contributed by atoms with Gasteiger partial charge < -0.3 is 43.6 Å². The van der Waals surface area contributed by atoms with Crippen molar-refractivity contribution >= 4 is 97.5 Å². The monoisotopic (exact) mass is 2000 g/mol. The van der Waals surface area contributed by atoms with Crippen LogP contribution >= 0.6 is 0 Å². The number of ether oxygens (including phenoxy) is 7. The summed E-state index contributed by atoms with van der Waals surface area (Å²) in [6, 6.07) is 64.6. The van der Waals surface area contributed by atoms with Gasteiger partial charge in [-0.3, -0.25) is 28.8 Å². The third-order valence-electron chi connectivity index (χ3n) is 24.3. The Hall–Kier alpha value is -14.8. The number of methoxy groups -OCH3 is 1. The van der Waals surface area contributed by atoms with Crippen molar-refractivity contribution in [2.45, 2.75) is 105 Å². The molecule has 6 amide bonds. The molecule has 0 aromatic heterocycles. The predicted molar refractivity (Wildman–Crippen MR) is 521 cm³/mol. The number of nitrogens with one attached hydrogen (secondary N) is 6. The first kappa shape index (κ1) is 106. The first-order chi connectivity index (χ1) is 66.2. The fraction of sp³-hybridized carbons (Fsp3) is 0.243. The number of allylic oxidation sites excluding steroid dienone is 5. The van der Waals surface area contributed by atoms with Gasteiger partial charge in [-0.05, 0) is 214 Å². The second kappa shape index (κ2) is 43.9. The number of carbonyl (C=O) groups excluding carboxylic acids is 7. The van der Waals surface area contributed by atoms with Crippen LogP contribution in [0.5, 0.6) is 57.5 Å². The Kier molecular flexibility index (Phi) is 33.1. The molecule has 32 nitrogen and oxygen atoms in total. The van der Waals surface area contributed by atoms with Crippen molar-refractivity contribution in [3.63, 3.8) is 0 Å². The normalized spacial score (nSPS) is 20.8. The van der Waals surface area contributed by atoms with Gasteiger partial charge in [0.05, 0.1) is 56.8 Å². The number of hydrogen-bond acceptors (Lipinski definition) is 25. The number of benzene rings is 10. The van der Waals surface area contributed by atoms with E-state index in [1.807, 2.05) is 30.3 Å². The van der Waals surface area contributed by atoms with Crippen LogP contribution in [0.1, 0.15) is 110 Å². The number of carboxylic acids is 1. The molecule has 5 fully saturated rings. The zero-order chi connectivity index (χ0) is 102. The van der Waals surface area contributed by atoms with Gasteiger partial charge in [0.25, 0.3) is 56.0 Å². The minimum atomic E-state index is -4.19. The molecule has 5 aliphatic carbocycles. The van der Waals surface area contributed by atoms with Crippen LogP contribution in [0.2, 0.25) is 0 Å². The van der Waals surface area contributed by atoms with Gasteiger partial charge in [-0.2, -0.15) is 0 Å². The predicted octanol–water partition coefficient (Wildman–Crippen LogP) is 16.5. The number of carbonyl (C=O) groups is 8. The quantitative estimate of drug-likeness (QED) is 0.0142. The summed E-state index contributed by atoms with van der Waals surface area (Å²) in [6.45, 7) is 29.0. The number of esters is 1. The summed E-state index contributed by atoms with van der Waals surface area (Å²) in [6.07, 6.45) is 11.2. The Balaban J connectivity index is 0.000000168. The molecule has 7 N–H and O–H groups in total. The average Bonchev–Trinajstić information content (AvgIpc) is 1.62. The number of aromatic carboxylic acids is 1. The highest BCUT2D eigenvalue weighted by Crippen LogP contribution is 2.57. The van der Waals surface area contributed by atoms with E-state index in [1.165, 1.54) is 129 Å². The zero-order valence-electron chi connectivity index (χ0n) is 77.6. The number of hydrogen-bond donors (Lipinski definition) is 7. The summed E-state index contributed by atoms with van der Waals surface area (Å²) in [4.78, 5) is 96.4. The fourth-order valence-corrected chi connectivity index (χ4v) is 20.6. The van der Waals surface area contributed by atoms with Crippen molar-refractivity contribution in [1.82, 2.24) is 28.9 Å². The van der Waals surface area contributed by atoms with Crippen LogP contribution in [0.15, 0.2) is 336 Å². The second-order valence-corrected chi connectivity index (χ2v) is 42.6. The molecule has 37 heteroatoms. The van der Waals surface area contributed by atoms with Crippen molar-refractivity contribution in [1.29, 1.82) is 0 Å². The van der Waals surface area contributed by atoms with Gasteiger partial charge in [0.1, 0.15) is 83.7 Å². The smallest absolute Gasteiger partial charge is 0.338 e. The highest BCUT2D eigenvalue weighted by atomic mass is 32.2. The first-order valence-corrected chi connectivity index (χ1v) is 51.1. The van der Waals surface area contributed by atoms with Crippen LogP contribution in [0.25, 0.3) is 0 Å². The Morgan fingerprint density at radius 2 is 0.636 bits per heavy atom. The lowest BCUT2D eigenvalue weighted by Gasteiger charge is -2.15. The average molecular weight is 2000 g/mol. The number of rotatable bonds is 36. The Bertz CT molecular complexity index is 7080. The molecule has 0 bridgehead atoms. The van der Waals surface area contributed by atoms with Gasteiger partial charge in [0.2, 0.25) is 29.5 Å². The number of carboxylic acid groups (broad SMARTS) is 1. The molecule has 0 aliphatic heterocycles. The van der Waals surface area contributed by atoms with Gasteiger partial charge in [-0.15, -0.1) is 32.9 Å². The standard InChI is InChI=1S/C22H23NO6S.C21H22N2O5S.C20H19NO6S.C20H21NO5S.C20H21NO4S/c1-4-16-14-22(16,3)21(25)23-30(26,27)19-12-7-6-11-18(19)29-17-10-8-9-15(13-17)20(24)28-5-2;1-4-15-13-21(15,2)20(25)23-29(26,27)18-11-6-5-10-17(18)28-16-9-7-8-14(12-16)19(24)22-3;1-3-14-12-20(14,2)19(24)21-28(25,26)17-10-5-4-9-16(17)27-15-8-6-7-13(11-15)18(22)23;1-4-14-13-20(14,2)19(22)21-27(23,24)18-11-6-5-10-17(18)26-16-9-7-8-15(12-16)25-3;1-3-16-13-20(16,2)19(22)21-26(23,24)18-11-7-8-15(12-18)14-25-17-9-5-4-6-10-17/h4,6-13,16H,1,5,14H2,2-3H3,(H,23,25);4-12,15H,1,13H2,2-3H3,(H,22,24)(H,23,25);3-11,14H,1,12H2,2H3,(H,21,24)(H,22,23);4-12,14H,1,13H2,2-3H3,(H,21,22);3-12,16H,1,13-14H2,2H3,(H,21,22)/t16-,22+;15-,21+;2*14-,20+;16-,20+/m11111/s1. The number of amides is 6. The molecular formula is C103H106N6O26S5. The van der Waals surface area contributed by atoms with Gasteiger partial charge in [-0.1, -0.05) is 168 Å². The van der Waals surface area contributed by atoms with Crippen LogP contribution in [-0.4, -0.2) is 115 Å². The lowest BCUT2D eigenvalue weighted by Crippen LogP contribution is -2.36. The topological polar surface area (TPSA) is 464 Å². The van der Waals surface area contributed by atoms with E-state index in [9.17, 15) is 80.4 Å². The fourth-order valence-electron chi connectivity index (χ4n) is 14.6. The second-order valence-electron chi connectivity index (χ2n) is 34.3. The summed E-state index contributed by atoms with van der Waals surface area (Å²) in [5.74, 6) is -2.28. The molecule has 10 aromatic rings. The van der Waals surface area contributed by atoms with E-state index in [1.54, 1.807) is 175 Å². The van der Waals surface area contributed by atoms with Crippen LogP contribution in [0.4, 0.5) is 0 Å². The minimum absolute atomic E-state index is 0.00302. The molecule has 0 heterocycles. The van der Waals surface area contributed by atoms with Crippen LogP contribution in [0.3, 0.4) is 0 Å².